The zero-order chi connectivity index (χ0) is 19.2. The second kappa shape index (κ2) is 8.97. The van der Waals surface area contributed by atoms with Crippen LogP contribution in [0.3, 0.4) is 0 Å². The summed E-state index contributed by atoms with van der Waals surface area (Å²) < 4.78 is 1.99. The first-order valence-corrected chi connectivity index (χ1v) is 10.2. The van der Waals surface area contributed by atoms with Gasteiger partial charge in [0.1, 0.15) is 0 Å². The Morgan fingerprint density at radius 1 is 0.893 bits per heavy atom. The molecule has 6 heteroatoms. The third kappa shape index (κ3) is 4.22. The predicted octanol–water partition coefficient (Wildman–Crippen LogP) is 3.19. The van der Waals surface area contributed by atoms with Crippen LogP contribution in [-0.2, 0) is 13.0 Å². The highest BCUT2D eigenvalue weighted by Crippen LogP contribution is 2.25. The maximum atomic E-state index is 4.40. The Hall–Kier alpha value is -2.73. The maximum Gasteiger partial charge on any atom is 0.168 e. The number of nitrogens with zero attached hydrogens (tertiary/aromatic N) is 6. The molecule has 0 amide bonds. The highest BCUT2D eigenvalue weighted by atomic mass is 15.5. The van der Waals surface area contributed by atoms with Crippen LogP contribution < -0.4 is 4.90 Å². The SMILES string of the molecule is CC[C@H](c1nnnn1CCc1ccccc1)N1CCN(c2ccccc2)CC1. The van der Waals surface area contributed by atoms with Crippen molar-refractivity contribution in [1.82, 2.24) is 25.1 Å². The Morgan fingerprint density at radius 2 is 1.57 bits per heavy atom. The molecule has 4 rings (SSSR count). The monoisotopic (exact) mass is 376 g/mol. The number of hydrogen-bond acceptors (Lipinski definition) is 5. The molecule has 2 heterocycles. The van der Waals surface area contributed by atoms with Gasteiger partial charge in [0, 0.05) is 38.4 Å². The molecular weight excluding hydrogens is 348 g/mol. The molecule has 1 aromatic heterocycles. The van der Waals surface area contributed by atoms with E-state index in [1.54, 1.807) is 0 Å². The summed E-state index contributed by atoms with van der Waals surface area (Å²) in [6, 6.07) is 21.5. The van der Waals surface area contributed by atoms with Gasteiger partial charge in [-0.15, -0.1) is 5.10 Å². The summed E-state index contributed by atoms with van der Waals surface area (Å²) in [6.45, 7) is 7.16. The zero-order valence-corrected chi connectivity index (χ0v) is 16.5. The molecular formula is C22H28N6. The summed E-state index contributed by atoms with van der Waals surface area (Å²) in [5.41, 5.74) is 2.62. The second-order valence-corrected chi connectivity index (χ2v) is 7.28. The van der Waals surface area contributed by atoms with Gasteiger partial charge in [0.2, 0.25) is 0 Å². The van der Waals surface area contributed by atoms with Crippen molar-refractivity contribution in [3.8, 4) is 0 Å². The fraction of sp³-hybridized carbons (Fsp3) is 0.409. The minimum atomic E-state index is 0.267. The van der Waals surface area contributed by atoms with Gasteiger partial charge >= 0.3 is 0 Å². The molecule has 1 atom stereocenters. The fourth-order valence-electron chi connectivity index (χ4n) is 4.02. The molecule has 0 bridgehead atoms. The van der Waals surface area contributed by atoms with Crippen molar-refractivity contribution in [2.24, 2.45) is 0 Å². The first-order chi connectivity index (χ1) is 13.8. The molecule has 3 aromatic rings. The summed E-state index contributed by atoms with van der Waals surface area (Å²) in [7, 11) is 0. The number of anilines is 1. The quantitative estimate of drug-likeness (QED) is 0.634. The summed E-state index contributed by atoms with van der Waals surface area (Å²) in [5, 5.41) is 12.7. The van der Waals surface area contributed by atoms with E-state index in [0.29, 0.717) is 0 Å². The molecule has 1 aliphatic rings. The largest absolute Gasteiger partial charge is 0.369 e. The molecule has 0 aliphatic carbocycles. The third-order valence-corrected chi connectivity index (χ3v) is 5.58. The molecule has 0 unspecified atom stereocenters. The molecule has 1 fully saturated rings. The van der Waals surface area contributed by atoms with Crippen molar-refractivity contribution < 1.29 is 0 Å². The van der Waals surface area contributed by atoms with Gasteiger partial charge in [0.05, 0.1) is 6.04 Å². The number of tetrazole rings is 1. The first kappa shape index (κ1) is 18.6. The summed E-state index contributed by atoms with van der Waals surface area (Å²) in [5.74, 6) is 0.992. The van der Waals surface area contributed by atoms with E-state index in [2.05, 4.69) is 86.8 Å². The Kier molecular flexibility index (Phi) is 5.97. The molecule has 1 saturated heterocycles. The van der Waals surface area contributed by atoms with E-state index in [-0.39, 0.29) is 6.04 Å². The highest BCUT2D eigenvalue weighted by Gasteiger charge is 2.27. The molecule has 28 heavy (non-hydrogen) atoms. The van der Waals surface area contributed by atoms with Gasteiger partial charge in [0.25, 0.3) is 0 Å². The third-order valence-electron chi connectivity index (χ3n) is 5.58. The molecule has 6 nitrogen and oxygen atoms in total. The minimum Gasteiger partial charge on any atom is -0.369 e. The van der Waals surface area contributed by atoms with Gasteiger partial charge in [-0.25, -0.2) is 4.68 Å². The van der Waals surface area contributed by atoms with Crippen LogP contribution in [0.5, 0.6) is 0 Å². The zero-order valence-electron chi connectivity index (χ0n) is 16.5. The van der Waals surface area contributed by atoms with Crippen molar-refractivity contribution in [3.63, 3.8) is 0 Å². The van der Waals surface area contributed by atoms with E-state index in [1.165, 1.54) is 11.3 Å². The Labute approximate surface area is 166 Å². The molecule has 2 aromatic carbocycles. The van der Waals surface area contributed by atoms with Crippen LogP contribution in [0.25, 0.3) is 0 Å². The Morgan fingerprint density at radius 3 is 2.25 bits per heavy atom. The van der Waals surface area contributed by atoms with E-state index in [0.717, 1.165) is 51.4 Å². The standard InChI is InChI=1S/C22H28N6/c1-2-21(27-17-15-26(16-18-27)20-11-7-4-8-12-20)22-23-24-25-28(22)14-13-19-9-5-3-6-10-19/h3-12,21H,2,13-18H2,1H3/t21-/m1/s1. The minimum absolute atomic E-state index is 0.267. The normalized spacial score (nSPS) is 16.2. The van der Waals surface area contributed by atoms with E-state index < -0.39 is 0 Å². The molecule has 1 aliphatic heterocycles. The fourth-order valence-corrected chi connectivity index (χ4v) is 4.02. The predicted molar refractivity (Wildman–Crippen MR) is 111 cm³/mol. The van der Waals surface area contributed by atoms with Crippen LogP contribution in [0.4, 0.5) is 5.69 Å². The van der Waals surface area contributed by atoms with Crippen LogP contribution >= 0.6 is 0 Å². The Bertz CT molecular complexity index is 840. The van der Waals surface area contributed by atoms with Crippen LogP contribution in [0.15, 0.2) is 60.7 Å². The van der Waals surface area contributed by atoms with Gasteiger partial charge < -0.3 is 4.90 Å². The van der Waals surface area contributed by atoms with Crippen LogP contribution in [0, 0.1) is 0 Å². The number of rotatable bonds is 7. The van der Waals surface area contributed by atoms with Crippen LogP contribution in [-0.4, -0.2) is 51.3 Å². The van der Waals surface area contributed by atoms with Gasteiger partial charge in [-0.2, -0.15) is 0 Å². The lowest BCUT2D eigenvalue weighted by molar-refractivity contribution is 0.169. The van der Waals surface area contributed by atoms with E-state index in [4.69, 9.17) is 0 Å². The number of aryl methyl sites for hydroxylation is 2. The van der Waals surface area contributed by atoms with Crippen LogP contribution in [0.2, 0.25) is 0 Å². The first-order valence-electron chi connectivity index (χ1n) is 10.2. The number of benzene rings is 2. The van der Waals surface area contributed by atoms with Gasteiger partial charge in [-0.3, -0.25) is 4.90 Å². The van der Waals surface area contributed by atoms with Crippen molar-refractivity contribution in [3.05, 3.63) is 72.1 Å². The lowest BCUT2D eigenvalue weighted by Gasteiger charge is -2.39. The van der Waals surface area contributed by atoms with Crippen molar-refractivity contribution in [2.75, 3.05) is 31.1 Å². The molecule has 0 saturated carbocycles. The second-order valence-electron chi connectivity index (χ2n) is 7.28. The Balaban J connectivity index is 1.40. The smallest absolute Gasteiger partial charge is 0.168 e. The summed E-state index contributed by atoms with van der Waals surface area (Å²) in [6.07, 6.45) is 1.95. The summed E-state index contributed by atoms with van der Waals surface area (Å²) >= 11 is 0. The van der Waals surface area contributed by atoms with Crippen LogP contribution in [0.1, 0.15) is 30.8 Å². The number of aromatic nitrogens is 4. The lowest BCUT2D eigenvalue weighted by atomic mass is 10.1. The number of hydrogen-bond donors (Lipinski definition) is 0. The lowest BCUT2D eigenvalue weighted by Crippen LogP contribution is -2.48. The van der Waals surface area contributed by atoms with Crippen molar-refractivity contribution in [2.45, 2.75) is 32.4 Å². The van der Waals surface area contributed by atoms with Gasteiger partial charge in [0.15, 0.2) is 5.82 Å². The topological polar surface area (TPSA) is 50.1 Å². The van der Waals surface area contributed by atoms with Gasteiger partial charge in [-0.1, -0.05) is 55.5 Å². The molecule has 0 radical (unpaired) electrons. The number of piperazine rings is 1. The average molecular weight is 377 g/mol. The summed E-state index contributed by atoms with van der Waals surface area (Å²) in [4.78, 5) is 4.99. The molecule has 146 valence electrons. The molecule has 0 spiro atoms. The molecule has 0 N–H and O–H groups in total. The van der Waals surface area contributed by atoms with Crippen molar-refractivity contribution in [1.29, 1.82) is 0 Å². The van der Waals surface area contributed by atoms with E-state index in [9.17, 15) is 0 Å². The number of para-hydroxylation sites is 1. The van der Waals surface area contributed by atoms with Crippen molar-refractivity contribution >= 4 is 5.69 Å². The van der Waals surface area contributed by atoms with Gasteiger partial charge in [-0.05, 0) is 41.0 Å². The maximum absolute atomic E-state index is 4.40. The average Bonchev–Trinajstić information content (AvgIpc) is 3.23. The van der Waals surface area contributed by atoms with E-state index >= 15 is 0 Å². The van der Waals surface area contributed by atoms with E-state index in [1.807, 2.05) is 10.7 Å². The highest BCUT2D eigenvalue weighted by molar-refractivity contribution is 5.46.